The van der Waals surface area contributed by atoms with Gasteiger partial charge < -0.3 is 0 Å². The van der Waals surface area contributed by atoms with Gasteiger partial charge in [-0.3, -0.25) is 0 Å². The number of hydrogen-bond acceptors (Lipinski definition) is 0. The molecule has 0 aromatic carbocycles. The molecule has 0 aromatic heterocycles. The van der Waals surface area contributed by atoms with E-state index in [1.165, 1.54) is 165 Å². The first kappa shape index (κ1) is 40.0. The third-order valence-electron chi connectivity index (χ3n) is 15.3. The lowest BCUT2D eigenvalue weighted by Crippen LogP contribution is -2.39. The summed E-state index contributed by atoms with van der Waals surface area (Å²) in [5.41, 5.74) is 4.60. The van der Waals surface area contributed by atoms with Crippen LogP contribution in [0, 0.1) is 71.0 Å². The fourth-order valence-corrected chi connectivity index (χ4v) is 12.2. The average Bonchev–Trinajstić information content (AvgIpc) is 3.67. The maximum absolute atomic E-state index is 4.63. The van der Waals surface area contributed by atoms with Crippen molar-refractivity contribution in [1.82, 2.24) is 0 Å². The molecule has 12 atom stereocenters. The summed E-state index contributed by atoms with van der Waals surface area (Å²) in [4.78, 5) is 0. The zero-order valence-electron chi connectivity index (χ0n) is 33.5. The van der Waals surface area contributed by atoms with E-state index >= 15 is 0 Å². The van der Waals surface area contributed by atoms with Gasteiger partial charge in [-0.05, 0) is 180 Å². The van der Waals surface area contributed by atoms with Gasteiger partial charge in [-0.25, -0.2) is 0 Å². The third kappa shape index (κ3) is 12.2. The average molecular weight is 661 g/mol. The van der Waals surface area contributed by atoms with E-state index < -0.39 is 0 Å². The molecular weight excluding hydrogens is 577 g/mol. The van der Waals surface area contributed by atoms with Crippen molar-refractivity contribution in [2.45, 2.75) is 196 Å². The molecule has 0 saturated heterocycles. The van der Waals surface area contributed by atoms with E-state index in [0.717, 1.165) is 71.0 Å². The van der Waals surface area contributed by atoms with Crippen molar-refractivity contribution in [3.05, 3.63) is 36.5 Å². The summed E-state index contributed by atoms with van der Waals surface area (Å²) in [5, 5.41) is 0. The van der Waals surface area contributed by atoms with Gasteiger partial charge in [0.1, 0.15) is 0 Å². The summed E-state index contributed by atoms with van der Waals surface area (Å²) in [6.07, 6.45) is 34.3. The van der Waals surface area contributed by atoms with Crippen LogP contribution >= 0.6 is 0 Å². The molecule has 7 unspecified atom stereocenters. The molecule has 5 aliphatic rings. The van der Waals surface area contributed by atoms with Crippen LogP contribution in [0.1, 0.15) is 196 Å². The molecule has 5 saturated carbocycles. The van der Waals surface area contributed by atoms with E-state index in [1.807, 2.05) is 0 Å². The number of rotatable bonds is 15. The van der Waals surface area contributed by atoms with Crippen LogP contribution in [0.2, 0.25) is 0 Å². The largest absolute Gasteiger partial charge is 0.0999 e. The molecular formula is C48H84. The van der Waals surface area contributed by atoms with Crippen LogP contribution in [0.15, 0.2) is 36.5 Å². The Balaban J connectivity index is 0.000000445. The van der Waals surface area contributed by atoms with Crippen molar-refractivity contribution in [2.24, 2.45) is 71.0 Å². The van der Waals surface area contributed by atoms with Crippen molar-refractivity contribution in [1.29, 1.82) is 0 Å². The van der Waals surface area contributed by atoms with E-state index in [4.69, 9.17) is 0 Å². The van der Waals surface area contributed by atoms with Gasteiger partial charge in [-0.2, -0.15) is 0 Å². The highest BCUT2D eigenvalue weighted by atomic mass is 14.5. The monoisotopic (exact) mass is 661 g/mol. The summed E-state index contributed by atoms with van der Waals surface area (Å²) in [7, 11) is 0. The molecule has 0 aliphatic heterocycles. The summed E-state index contributed by atoms with van der Waals surface area (Å²) in [5.74, 6) is 11.5. The number of allylic oxidation sites excluding steroid dienone is 3. The second-order valence-electron chi connectivity index (χ2n) is 19.1. The van der Waals surface area contributed by atoms with E-state index in [0.29, 0.717) is 0 Å². The Bertz CT molecular complexity index is 969. The predicted molar refractivity (Wildman–Crippen MR) is 214 cm³/mol. The smallest absolute Gasteiger partial charge is 0.0232 e. The van der Waals surface area contributed by atoms with Gasteiger partial charge in [-0.15, -0.1) is 0 Å². The molecule has 0 spiro atoms. The highest BCUT2D eigenvalue weighted by Crippen LogP contribution is 2.52. The highest BCUT2D eigenvalue weighted by Gasteiger charge is 2.42. The highest BCUT2D eigenvalue weighted by molar-refractivity contribution is 5.04. The fourth-order valence-electron chi connectivity index (χ4n) is 12.2. The SMILES string of the molecule is C=C1CCC(CCC(CCC)C[C@@H](C)CC2CC[C@H]3CCC(CC(=C)CC4CCC[C@H]4C)CC3C2CC)C1.C=C1CC[C@@H](CC)C[C@H]1C. The van der Waals surface area contributed by atoms with Crippen molar-refractivity contribution in [3.8, 4) is 0 Å². The quantitative estimate of drug-likeness (QED) is 0.153. The van der Waals surface area contributed by atoms with E-state index in [2.05, 4.69) is 61.3 Å². The molecule has 0 N–H and O–H groups in total. The van der Waals surface area contributed by atoms with Crippen LogP contribution in [0.25, 0.3) is 0 Å². The van der Waals surface area contributed by atoms with E-state index in [-0.39, 0.29) is 0 Å². The Kier molecular flexibility index (Phi) is 16.9. The minimum Gasteiger partial charge on any atom is -0.0999 e. The molecule has 5 aliphatic carbocycles. The van der Waals surface area contributed by atoms with Crippen LogP contribution < -0.4 is 0 Å². The van der Waals surface area contributed by atoms with Crippen LogP contribution in [0.3, 0.4) is 0 Å². The Morgan fingerprint density at radius 1 is 0.771 bits per heavy atom. The molecule has 0 nitrogen and oxygen atoms in total. The molecule has 0 heteroatoms. The van der Waals surface area contributed by atoms with Gasteiger partial charge in [0.05, 0.1) is 0 Å². The molecule has 276 valence electrons. The topological polar surface area (TPSA) is 0 Å². The van der Waals surface area contributed by atoms with Crippen LogP contribution in [-0.2, 0) is 0 Å². The molecule has 0 bridgehead atoms. The molecule has 0 aromatic rings. The zero-order chi connectivity index (χ0) is 34.6. The van der Waals surface area contributed by atoms with Gasteiger partial charge in [0.15, 0.2) is 0 Å². The summed E-state index contributed by atoms with van der Waals surface area (Å²) < 4.78 is 0. The van der Waals surface area contributed by atoms with Gasteiger partial charge in [0.2, 0.25) is 0 Å². The first-order valence-electron chi connectivity index (χ1n) is 22.1. The molecule has 5 rings (SSSR count). The second kappa shape index (κ2) is 20.3. The standard InChI is InChI=1S/C38H66.C10H18/c1-7-10-31(15-16-32-14-13-27(3)21-32)22-28(4)25-36-20-19-34-18-17-33(26-38(34)37(36)8-2)23-29(5)24-35-12-9-11-30(35)6;1-4-10-6-5-8(2)9(3)7-10/h28,30-38H,3,5,7-26H2,1-2,4,6H3;9-10H,2,4-7H2,1,3H3/t28-,30-,31?,32?,33?,34-,35?,36?,37?,38?;9-,10-/m11/s1. The first-order chi connectivity index (χ1) is 23.1. The lowest BCUT2D eigenvalue weighted by Gasteiger charge is -2.48. The molecule has 0 radical (unpaired) electrons. The van der Waals surface area contributed by atoms with Gasteiger partial charge in [0.25, 0.3) is 0 Å². The van der Waals surface area contributed by atoms with Gasteiger partial charge in [0, 0.05) is 0 Å². The van der Waals surface area contributed by atoms with Crippen molar-refractivity contribution < 1.29 is 0 Å². The zero-order valence-corrected chi connectivity index (χ0v) is 33.5. The summed E-state index contributed by atoms with van der Waals surface area (Å²) in [6.45, 7) is 27.6. The van der Waals surface area contributed by atoms with Gasteiger partial charge >= 0.3 is 0 Å². The first-order valence-corrected chi connectivity index (χ1v) is 22.1. The summed E-state index contributed by atoms with van der Waals surface area (Å²) >= 11 is 0. The van der Waals surface area contributed by atoms with Crippen LogP contribution in [0.4, 0.5) is 0 Å². The van der Waals surface area contributed by atoms with Crippen LogP contribution in [-0.4, -0.2) is 0 Å². The third-order valence-corrected chi connectivity index (χ3v) is 15.3. The van der Waals surface area contributed by atoms with Gasteiger partial charge in [-0.1, -0.05) is 123 Å². The molecule has 0 heterocycles. The Morgan fingerprint density at radius 3 is 2.19 bits per heavy atom. The fraction of sp³-hybridized carbons (Fsp3) is 0.875. The normalized spacial score (nSPS) is 36.6. The summed E-state index contributed by atoms with van der Waals surface area (Å²) in [6, 6.07) is 0. The van der Waals surface area contributed by atoms with Crippen molar-refractivity contribution >= 4 is 0 Å². The number of fused-ring (bicyclic) bond motifs is 1. The van der Waals surface area contributed by atoms with E-state index in [1.54, 1.807) is 5.57 Å². The molecule has 0 amide bonds. The van der Waals surface area contributed by atoms with E-state index in [9.17, 15) is 0 Å². The second-order valence-corrected chi connectivity index (χ2v) is 19.1. The Labute approximate surface area is 302 Å². The number of hydrogen-bond donors (Lipinski definition) is 0. The van der Waals surface area contributed by atoms with Crippen LogP contribution in [0.5, 0.6) is 0 Å². The predicted octanol–water partition coefficient (Wildman–Crippen LogP) is 15.6. The maximum atomic E-state index is 4.63. The minimum atomic E-state index is 0.790. The molecule has 5 fully saturated rings. The van der Waals surface area contributed by atoms with Crippen molar-refractivity contribution in [3.63, 3.8) is 0 Å². The Hall–Kier alpha value is -0.780. The Morgan fingerprint density at radius 2 is 1.54 bits per heavy atom. The minimum absolute atomic E-state index is 0.790. The maximum Gasteiger partial charge on any atom is -0.0232 e. The lowest BCUT2D eigenvalue weighted by molar-refractivity contribution is 0.0204. The van der Waals surface area contributed by atoms with Crippen molar-refractivity contribution in [2.75, 3.05) is 0 Å². The molecule has 48 heavy (non-hydrogen) atoms. The lowest BCUT2D eigenvalue weighted by atomic mass is 9.57.